The van der Waals surface area contributed by atoms with Crippen LogP contribution < -0.4 is 14.8 Å². The summed E-state index contributed by atoms with van der Waals surface area (Å²) in [4.78, 5) is 12.0. The maximum atomic E-state index is 12.0. The predicted molar refractivity (Wildman–Crippen MR) is 68.8 cm³/mol. The van der Waals surface area contributed by atoms with Gasteiger partial charge in [0.05, 0.1) is 0 Å². The minimum absolute atomic E-state index is 0.0795. The van der Waals surface area contributed by atoms with Crippen molar-refractivity contribution < 1.29 is 19.0 Å². The molecule has 1 aliphatic rings. The van der Waals surface area contributed by atoms with Crippen molar-refractivity contribution in [2.75, 3.05) is 13.4 Å². The normalized spacial score (nSPS) is 12.8. The van der Waals surface area contributed by atoms with Gasteiger partial charge < -0.3 is 19.5 Å². The van der Waals surface area contributed by atoms with Crippen molar-refractivity contribution in [2.45, 2.75) is 13.2 Å². The summed E-state index contributed by atoms with van der Waals surface area (Å²) in [5.41, 5.74) is 0.361. The third kappa shape index (κ3) is 3.19. The van der Waals surface area contributed by atoms with Crippen LogP contribution in [0.4, 0.5) is 0 Å². The quantitative estimate of drug-likeness (QED) is 0.654. The van der Waals surface area contributed by atoms with Crippen LogP contribution in [-0.4, -0.2) is 25.5 Å². The second-order valence-corrected chi connectivity index (χ2v) is 3.79. The number of amides is 1. The van der Waals surface area contributed by atoms with Crippen LogP contribution in [0.2, 0.25) is 0 Å². The molecular formula is C14H12N2O4. The van der Waals surface area contributed by atoms with Gasteiger partial charge in [0.1, 0.15) is 12.7 Å². The maximum Gasteiger partial charge on any atom is 0.254 e. The monoisotopic (exact) mass is 272 g/mol. The fourth-order valence-corrected chi connectivity index (χ4v) is 1.55. The third-order valence-corrected chi connectivity index (χ3v) is 2.51. The van der Waals surface area contributed by atoms with Crippen molar-refractivity contribution in [2.24, 2.45) is 0 Å². The first-order chi connectivity index (χ1) is 9.74. The first-order valence-electron chi connectivity index (χ1n) is 5.86. The van der Waals surface area contributed by atoms with Crippen molar-refractivity contribution in [1.29, 1.82) is 5.26 Å². The van der Waals surface area contributed by atoms with E-state index < -0.39 is 12.1 Å². The van der Waals surface area contributed by atoms with Crippen LogP contribution >= 0.6 is 0 Å². The molecule has 0 aromatic heterocycles. The molecule has 6 heteroatoms. The Morgan fingerprint density at radius 1 is 1.50 bits per heavy atom. The number of ether oxygens (including phenoxy) is 3. The highest BCUT2D eigenvalue weighted by atomic mass is 16.7. The number of rotatable bonds is 4. The summed E-state index contributed by atoms with van der Waals surface area (Å²) in [6.45, 7) is 1.88. The van der Waals surface area contributed by atoms with Gasteiger partial charge in [-0.3, -0.25) is 4.79 Å². The van der Waals surface area contributed by atoms with E-state index in [2.05, 4.69) is 17.2 Å². The summed E-state index contributed by atoms with van der Waals surface area (Å²) >= 11 is 0. The molecule has 102 valence electrons. The summed E-state index contributed by atoms with van der Waals surface area (Å²) in [6.07, 6.45) is -1.05. The standard InChI is InChI=1S/C14H12N2O4/c1-2-3-6-18-13(8-15)16-14(17)10-4-5-11-12(7-10)20-9-19-11/h4-5,7,13H,6,9H2,1H3,(H,16,17). The second-order valence-electron chi connectivity index (χ2n) is 3.79. The van der Waals surface area contributed by atoms with Gasteiger partial charge in [0.15, 0.2) is 11.5 Å². The molecule has 1 atom stereocenters. The number of nitrogens with one attached hydrogen (secondary N) is 1. The van der Waals surface area contributed by atoms with E-state index in [1.165, 1.54) is 0 Å². The van der Waals surface area contributed by atoms with Crippen LogP contribution in [-0.2, 0) is 4.74 Å². The Hall–Kier alpha value is -2.70. The van der Waals surface area contributed by atoms with Gasteiger partial charge in [0, 0.05) is 5.56 Å². The Labute approximate surface area is 116 Å². The number of fused-ring (bicyclic) bond motifs is 1. The Morgan fingerprint density at radius 3 is 3.05 bits per heavy atom. The number of benzene rings is 1. The van der Waals surface area contributed by atoms with Crippen LogP contribution in [0, 0.1) is 23.2 Å². The molecule has 1 heterocycles. The van der Waals surface area contributed by atoms with E-state index in [-0.39, 0.29) is 13.4 Å². The largest absolute Gasteiger partial charge is 0.454 e. The minimum atomic E-state index is -1.05. The molecule has 1 aromatic rings. The fourth-order valence-electron chi connectivity index (χ4n) is 1.55. The van der Waals surface area contributed by atoms with Gasteiger partial charge in [0.25, 0.3) is 5.91 Å². The van der Waals surface area contributed by atoms with Gasteiger partial charge in [-0.15, -0.1) is 5.92 Å². The van der Waals surface area contributed by atoms with Gasteiger partial charge in [-0.2, -0.15) is 5.26 Å². The van der Waals surface area contributed by atoms with E-state index in [1.807, 2.05) is 6.07 Å². The molecule has 0 aliphatic carbocycles. The number of nitrogens with zero attached hydrogens (tertiary/aromatic N) is 1. The molecule has 0 saturated carbocycles. The van der Waals surface area contributed by atoms with Crippen LogP contribution in [0.25, 0.3) is 0 Å². The highest BCUT2D eigenvalue weighted by Gasteiger charge is 2.18. The molecule has 0 spiro atoms. The van der Waals surface area contributed by atoms with Crippen LogP contribution in [0.3, 0.4) is 0 Å². The molecule has 6 nitrogen and oxygen atoms in total. The van der Waals surface area contributed by atoms with Gasteiger partial charge in [-0.1, -0.05) is 5.92 Å². The topological polar surface area (TPSA) is 80.6 Å². The Morgan fingerprint density at radius 2 is 2.30 bits per heavy atom. The first-order valence-corrected chi connectivity index (χ1v) is 5.86. The zero-order chi connectivity index (χ0) is 14.4. The van der Waals surface area contributed by atoms with E-state index in [0.717, 1.165) is 0 Å². The molecule has 1 unspecified atom stereocenters. The molecular weight excluding hydrogens is 260 g/mol. The predicted octanol–water partition coefficient (Wildman–Crippen LogP) is 1.03. The number of nitriles is 1. The Balaban J connectivity index is 1.99. The molecule has 1 N–H and O–H groups in total. The average Bonchev–Trinajstić information content (AvgIpc) is 2.93. The summed E-state index contributed by atoms with van der Waals surface area (Å²) in [6, 6.07) is 6.62. The van der Waals surface area contributed by atoms with Gasteiger partial charge in [-0.25, -0.2) is 0 Å². The SMILES string of the molecule is CC#CCOC(C#N)NC(=O)c1ccc2c(c1)OCO2. The molecule has 0 bridgehead atoms. The zero-order valence-corrected chi connectivity index (χ0v) is 10.8. The highest BCUT2D eigenvalue weighted by Crippen LogP contribution is 2.32. The van der Waals surface area contributed by atoms with E-state index in [1.54, 1.807) is 25.1 Å². The van der Waals surface area contributed by atoms with Gasteiger partial charge in [0.2, 0.25) is 13.0 Å². The third-order valence-electron chi connectivity index (χ3n) is 2.51. The number of carbonyl (C=O) groups excluding carboxylic acids is 1. The first kappa shape index (κ1) is 13.7. The number of hydrogen-bond donors (Lipinski definition) is 1. The van der Waals surface area contributed by atoms with Crippen LogP contribution in [0.1, 0.15) is 17.3 Å². The fraction of sp³-hybridized carbons (Fsp3) is 0.286. The molecule has 0 radical (unpaired) electrons. The summed E-state index contributed by atoms with van der Waals surface area (Å²) in [5, 5.41) is 11.3. The molecule has 2 rings (SSSR count). The lowest BCUT2D eigenvalue weighted by Gasteiger charge is -2.11. The number of carbonyl (C=O) groups is 1. The molecule has 1 amide bonds. The lowest BCUT2D eigenvalue weighted by Crippen LogP contribution is -2.35. The molecule has 1 aromatic carbocycles. The lowest BCUT2D eigenvalue weighted by molar-refractivity contribution is 0.0684. The Kier molecular flexibility index (Phi) is 4.43. The van der Waals surface area contributed by atoms with E-state index in [9.17, 15) is 4.79 Å². The van der Waals surface area contributed by atoms with Crippen molar-refractivity contribution in [1.82, 2.24) is 5.32 Å². The van der Waals surface area contributed by atoms with Crippen LogP contribution in [0.15, 0.2) is 18.2 Å². The minimum Gasteiger partial charge on any atom is -0.454 e. The average molecular weight is 272 g/mol. The summed E-state index contributed by atoms with van der Waals surface area (Å²) in [7, 11) is 0. The summed E-state index contributed by atoms with van der Waals surface area (Å²) < 4.78 is 15.4. The van der Waals surface area contributed by atoms with Crippen molar-refractivity contribution in [3.63, 3.8) is 0 Å². The number of hydrogen-bond acceptors (Lipinski definition) is 5. The second kappa shape index (κ2) is 6.46. The lowest BCUT2D eigenvalue weighted by atomic mass is 10.2. The van der Waals surface area contributed by atoms with Crippen molar-refractivity contribution in [3.05, 3.63) is 23.8 Å². The van der Waals surface area contributed by atoms with E-state index >= 15 is 0 Å². The smallest absolute Gasteiger partial charge is 0.254 e. The molecule has 0 fully saturated rings. The maximum absolute atomic E-state index is 12.0. The van der Waals surface area contributed by atoms with E-state index in [4.69, 9.17) is 19.5 Å². The highest BCUT2D eigenvalue weighted by molar-refractivity contribution is 5.95. The Bertz CT molecular complexity index is 610. The van der Waals surface area contributed by atoms with Gasteiger partial charge >= 0.3 is 0 Å². The van der Waals surface area contributed by atoms with Crippen molar-refractivity contribution in [3.8, 4) is 29.4 Å². The summed E-state index contributed by atoms with van der Waals surface area (Å²) in [5.74, 6) is 5.94. The molecule has 0 saturated heterocycles. The van der Waals surface area contributed by atoms with Gasteiger partial charge in [-0.05, 0) is 25.1 Å². The van der Waals surface area contributed by atoms with Crippen LogP contribution in [0.5, 0.6) is 11.5 Å². The zero-order valence-electron chi connectivity index (χ0n) is 10.8. The van der Waals surface area contributed by atoms with Crippen molar-refractivity contribution >= 4 is 5.91 Å². The van der Waals surface area contributed by atoms with E-state index in [0.29, 0.717) is 17.1 Å². The molecule has 20 heavy (non-hydrogen) atoms. The molecule has 1 aliphatic heterocycles.